The number of nitrogens with one attached hydrogen (secondary N) is 1. The van der Waals surface area contributed by atoms with E-state index in [1.54, 1.807) is 7.11 Å². The Morgan fingerprint density at radius 1 is 1.17 bits per heavy atom. The Labute approximate surface area is 171 Å². The van der Waals surface area contributed by atoms with Gasteiger partial charge in [-0.1, -0.05) is 33.6 Å². The summed E-state index contributed by atoms with van der Waals surface area (Å²) in [7, 11) is 1.67. The predicted molar refractivity (Wildman–Crippen MR) is 109 cm³/mol. The van der Waals surface area contributed by atoms with E-state index in [2.05, 4.69) is 26.1 Å². The van der Waals surface area contributed by atoms with Gasteiger partial charge in [0.2, 0.25) is 0 Å². The Morgan fingerprint density at radius 2 is 1.76 bits per heavy atom. The normalized spacial score (nSPS) is 15.2. The van der Waals surface area contributed by atoms with Crippen LogP contribution < -0.4 is 14.8 Å². The number of carboxylic acids is 2. The van der Waals surface area contributed by atoms with E-state index in [-0.39, 0.29) is 5.41 Å². The standard InChI is InChI=1S/C19H31NO3.C2H2O4/c1-19(2,3)17-11-16(22-4)9-10-18(17)23-13-15(21)12-20-14-7-5-6-8-14;3-1(4)2(5)6/h9-11,14-15,20-21H,5-8,12-13H2,1-4H3;(H,3,4)(H,5,6). The van der Waals surface area contributed by atoms with Crippen LogP contribution in [0.4, 0.5) is 0 Å². The van der Waals surface area contributed by atoms with E-state index < -0.39 is 18.0 Å². The number of carbonyl (C=O) groups is 2. The summed E-state index contributed by atoms with van der Waals surface area (Å²) < 4.78 is 11.2. The fraction of sp³-hybridized carbons (Fsp3) is 0.619. The second-order valence-electron chi connectivity index (χ2n) is 8.08. The number of benzene rings is 1. The third kappa shape index (κ3) is 9.15. The van der Waals surface area contributed by atoms with E-state index in [0.29, 0.717) is 19.2 Å². The summed E-state index contributed by atoms with van der Waals surface area (Å²) in [4.78, 5) is 18.2. The molecule has 0 heterocycles. The highest BCUT2D eigenvalue weighted by Crippen LogP contribution is 2.34. The molecule has 0 saturated heterocycles. The summed E-state index contributed by atoms with van der Waals surface area (Å²) in [6.07, 6.45) is 4.54. The van der Waals surface area contributed by atoms with Gasteiger partial charge >= 0.3 is 11.9 Å². The molecular weight excluding hydrogens is 378 g/mol. The molecule has 8 heteroatoms. The molecule has 1 aliphatic rings. The summed E-state index contributed by atoms with van der Waals surface area (Å²) >= 11 is 0. The van der Waals surface area contributed by atoms with Gasteiger partial charge in [-0.2, -0.15) is 0 Å². The lowest BCUT2D eigenvalue weighted by Gasteiger charge is -2.24. The fourth-order valence-electron chi connectivity index (χ4n) is 3.03. The summed E-state index contributed by atoms with van der Waals surface area (Å²) in [6, 6.07) is 6.40. The van der Waals surface area contributed by atoms with E-state index in [1.165, 1.54) is 25.7 Å². The molecule has 164 valence electrons. The molecule has 1 saturated carbocycles. The summed E-state index contributed by atoms with van der Waals surface area (Å²) in [6.45, 7) is 7.33. The van der Waals surface area contributed by atoms with Gasteiger partial charge in [0.25, 0.3) is 0 Å². The Morgan fingerprint density at radius 3 is 2.24 bits per heavy atom. The zero-order valence-electron chi connectivity index (χ0n) is 17.6. The smallest absolute Gasteiger partial charge is 0.414 e. The largest absolute Gasteiger partial charge is 0.497 e. The van der Waals surface area contributed by atoms with Crippen LogP contribution in [0.5, 0.6) is 11.5 Å². The third-order valence-electron chi connectivity index (χ3n) is 4.61. The van der Waals surface area contributed by atoms with E-state index in [9.17, 15) is 5.11 Å². The number of hydrogen-bond acceptors (Lipinski definition) is 6. The maximum Gasteiger partial charge on any atom is 0.414 e. The molecule has 1 aromatic rings. The Bertz CT molecular complexity index is 651. The van der Waals surface area contributed by atoms with Gasteiger partial charge in [-0.25, -0.2) is 9.59 Å². The number of aliphatic hydroxyl groups is 1. The van der Waals surface area contributed by atoms with Crippen molar-refractivity contribution < 1.29 is 34.4 Å². The minimum absolute atomic E-state index is 0.0447. The zero-order valence-corrected chi connectivity index (χ0v) is 17.6. The van der Waals surface area contributed by atoms with Crippen LogP contribution in [0, 0.1) is 0 Å². The van der Waals surface area contributed by atoms with Crippen molar-refractivity contribution in [1.82, 2.24) is 5.32 Å². The number of aliphatic carboxylic acids is 2. The Hall–Kier alpha value is -2.32. The van der Waals surface area contributed by atoms with Crippen molar-refractivity contribution in [3.05, 3.63) is 23.8 Å². The SMILES string of the molecule is COc1ccc(OCC(O)CNC2CCCC2)c(C(C)(C)C)c1.O=C(O)C(=O)O. The molecule has 1 aliphatic carbocycles. The first kappa shape index (κ1) is 24.7. The molecule has 2 rings (SSSR count). The van der Waals surface area contributed by atoms with Gasteiger partial charge in [-0.3, -0.25) is 0 Å². The molecule has 4 N–H and O–H groups in total. The number of carboxylic acid groups (broad SMARTS) is 2. The quantitative estimate of drug-likeness (QED) is 0.504. The molecule has 0 aromatic heterocycles. The summed E-state index contributed by atoms with van der Waals surface area (Å²) in [5.41, 5.74) is 1.05. The molecule has 29 heavy (non-hydrogen) atoms. The molecule has 1 atom stereocenters. The van der Waals surface area contributed by atoms with Crippen LogP contribution in [0.25, 0.3) is 0 Å². The molecule has 0 bridgehead atoms. The minimum Gasteiger partial charge on any atom is -0.497 e. The average molecular weight is 411 g/mol. The van der Waals surface area contributed by atoms with Crippen molar-refractivity contribution in [3.8, 4) is 11.5 Å². The van der Waals surface area contributed by atoms with Crippen molar-refractivity contribution in [3.63, 3.8) is 0 Å². The van der Waals surface area contributed by atoms with Crippen molar-refractivity contribution in [2.45, 2.75) is 64.0 Å². The second kappa shape index (κ2) is 11.6. The number of rotatable bonds is 7. The van der Waals surface area contributed by atoms with Crippen molar-refractivity contribution in [1.29, 1.82) is 0 Å². The fourth-order valence-corrected chi connectivity index (χ4v) is 3.03. The van der Waals surface area contributed by atoms with Crippen LogP contribution >= 0.6 is 0 Å². The Balaban J connectivity index is 0.000000612. The monoisotopic (exact) mass is 411 g/mol. The van der Waals surface area contributed by atoms with Crippen molar-refractivity contribution >= 4 is 11.9 Å². The van der Waals surface area contributed by atoms with Crippen molar-refractivity contribution in [2.75, 3.05) is 20.3 Å². The zero-order chi connectivity index (χ0) is 22.0. The van der Waals surface area contributed by atoms with Gasteiger partial charge in [-0.15, -0.1) is 0 Å². The maximum atomic E-state index is 10.2. The lowest BCUT2D eigenvalue weighted by Crippen LogP contribution is -2.36. The number of methoxy groups -OCH3 is 1. The molecule has 0 radical (unpaired) electrons. The minimum atomic E-state index is -1.82. The summed E-state index contributed by atoms with van der Waals surface area (Å²) in [5, 5.41) is 28.4. The van der Waals surface area contributed by atoms with Crippen LogP contribution in [0.15, 0.2) is 18.2 Å². The number of hydrogen-bond donors (Lipinski definition) is 4. The van der Waals surface area contributed by atoms with Gasteiger partial charge < -0.3 is 30.1 Å². The van der Waals surface area contributed by atoms with Gasteiger partial charge in [0.05, 0.1) is 7.11 Å². The topological polar surface area (TPSA) is 125 Å². The molecule has 1 fully saturated rings. The van der Waals surface area contributed by atoms with E-state index in [4.69, 9.17) is 29.3 Å². The summed E-state index contributed by atoms with van der Waals surface area (Å²) in [5.74, 6) is -2.01. The molecule has 1 aromatic carbocycles. The first-order valence-electron chi connectivity index (χ1n) is 9.73. The number of aliphatic hydroxyl groups excluding tert-OH is 1. The molecule has 1 unspecified atom stereocenters. The predicted octanol–water partition coefficient (Wildman–Crippen LogP) is 2.42. The highest BCUT2D eigenvalue weighted by atomic mass is 16.5. The molecule has 8 nitrogen and oxygen atoms in total. The second-order valence-corrected chi connectivity index (χ2v) is 8.08. The van der Waals surface area contributed by atoms with Crippen LogP contribution in [-0.2, 0) is 15.0 Å². The molecule has 0 spiro atoms. The molecule has 0 aliphatic heterocycles. The van der Waals surface area contributed by atoms with Crippen LogP contribution in [0.3, 0.4) is 0 Å². The van der Waals surface area contributed by atoms with Crippen LogP contribution in [-0.4, -0.2) is 59.7 Å². The van der Waals surface area contributed by atoms with Gasteiger partial charge in [0.1, 0.15) is 24.2 Å². The Kier molecular flexibility index (Phi) is 9.91. The molecule has 0 amide bonds. The first-order chi connectivity index (χ1) is 13.5. The van der Waals surface area contributed by atoms with Gasteiger partial charge in [-0.05, 0) is 36.5 Å². The highest BCUT2D eigenvalue weighted by molar-refractivity contribution is 6.27. The van der Waals surface area contributed by atoms with Crippen LogP contribution in [0.1, 0.15) is 52.0 Å². The highest BCUT2D eigenvalue weighted by Gasteiger charge is 2.21. The third-order valence-corrected chi connectivity index (χ3v) is 4.61. The van der Waals surface area contributed by atoms with Gasteiger partial charge in [0, 0.05) is 18.2 Å². The lowest BCUT2D eigenvalue weighted by atomic mass is 9.86. The first-order valence-corrected chi connectivity index (χ1v) is 9.73. The van der Waals surface area contributed by atoms with Crippen LogP contribution in [0.2, 0.25) is 0 Å². The van der Waals surface area contributed by atoms with Crippen molar-refractivity contribution in [2.24, 2.45) is 0 Å². The average Bonchev–Trinajstić information content (AvgIpc) is 3.17. The molecular formula is C21H33NO7. The van der Waals surface area contributed by atoms with E-state index in [0.717, 1.165) is 17.1 Å². The van der Waals surface area contributed by atoms with E-state index >= 15 is 0 Å². The number of ether oxygens (including phenoxy) is 2. The lowest BCUT2D eigenvalue weighted by molar-refractivity contribution is -0.159. The van der Waals surface area contributed by atoms with E-state index in [1.807, 2.05) is 18.2 Å². The van der Waals surface area contributed by atoms with Gasteiger partial charge in [0.15, 0.2) is 0 Å². The maximum absolute atomic E-state index is 10.2.